The van der Waals surface area contributed by atoms with Crippen LogP contribution in [-0.4, -0.2) is 13.1 Å². The summed E-state index contributed by atoms with van der Waals surface area (Å²) in [5, 5.41) is 0.870. The molecule has 0 atom stereocenters. The Balaban J connectivity index is 2.86. The van der Waals surface area contributed by atoms with Gasteiger partial charge >= 0.3 is 0 Å². The van der Waals surface area contributed by atoms with Gasteiger partial charge in [-0.15, -0.1) is 0 Å². The second-order valence-electron chi connectivity index (χ2n) is 4.22. The van der Waals surface area contributed by atoms with Gasteiger partial charge < -0.3 is 4.90 Å². The van der Waals surface area contributed by atoms with Gasteiger partial charge in [-0.25, -0.2) is 0 Å². The molecule has 0 unspecified atom stereocenters. The van der Waals surface area contributed by atoms with Crippen molar-refractivity contribution in [2.75, 3.05) is 18.0 Å². The highest BCUT2D eigenvalue weighted by Gasteiger charge is 2.09. The summed E-state index contributed by atoms with van der Waals surface area (Å²) in [6.45, 7) is 8.80. The summed E-state index contributed by atoms with van der Waals surface area (Å²) in [6, 6.07) is 6.18. The highest BCUT2D eigenvalue weighted by atomic mass is 35.5. The smallest absolute Gasteiger partial charge is 0.0455 e. The van der Waals surface area contributed by atoms with E-state index >= 15 is 0 Å². The van der Waals surface area contributed by atoms with Crippen molar-refractivity contribution in [3.63, 3.8) is 0 Å². The van der Waals surface area contributed by atoms with E-state index in [9.17, 15) is 0 Å². The van der Waals surface area contributed by atoms with Crippen LogP contribution in [0.4, 0.5) is 5.69 Å². The third kappa shape index (κ3) is 3.41. The molecule has 0 aliphatic carbocycles. The van der Waals surface area contributed by atoms with Crippen LogP contribution < -0.4 is 4.90 Å². The summed E-state index contributed by atoms with van der Waals surface area (Å²) in [6.07, 6.45) is 3.65. The molecule has 0 aromatic heterocycles. The summed E-state index contributed by atoms with van der Waals surface area (Å²) < 4.78 is 0. The standard InChI is InChI=1S/C14H22ClN/c1-4-6-11-16(10-5-2)14-9-7-8-13(15)12(14)3/h7-9H,4-6,10-11H2,1-3H3. The van der Waals surface area contributed by atoms with Crippen LogP contribution in [0.3, 0.4) is 0 Å². The molecule has 1 rings (SSSR count). The van der Waals surface area contributed by atoms with Crippen molar-refractivity contribution in [2.24, 2.45) is 0 Å². The molecule has 0 aliphatic rings. The summed E-state index contributed by atoms with van der Waals surface area (Å²) in [7, 11) is 0. The number of hydrogen-bond acceptors (Lipinski definition) is 1. The second kappa shape index (κ2) is 6.80. The number of nitrogens with zero attached hydrogens (tertiary/aromatic N) is 1. The molecule has 0 saturated carbocycles. The Morgan fingerprint density at radius 2 is 1.88 bits per heavy atom. The number of benzene rings is 1. The maximum absolute atomic E-state index is 6.17. The van der Waals surface area contributed by atoms with Gasteiger partial charge in [0.1, 0.15) is 0 Å². The maximum Gasteiger partial charge on any atom is 0.0455 e. The first-order chi connectivity index (χ1) is 7.70. The first-order valence-electron chi connectivity index (χ1n) is 6.20. The summed E-state index contributed by atoms with van der Waals surface area (Å²) in [5.41, 5.74) is 2.50. The molecule has 0 saturated heterocycles. The van der Waals surface area contributed by atoms with E-state index in [1.54, 1.807) is 0 Å². The minimum Gasteiger partial charge on any atom is -0.371 e. The molecule has 0 aliphatic heterocycles. The fraction of sp³-hybridized carbons (Fsp3) is 0.571. The molecular formula is C14H22ClN. The van der Waals surface area contributed by atoms with Gasteiger partial charge in [0.25, 0.3) is 0 Å². The Morgan fingerprint density at radius 3 is 2.50 bits per heavy atom. The topological polar surface area (TPSA) is 3.24 Å². The summed E-state index contributed by atoms with van der Waals surface area (Å²) >= 11 is 6.17. The molecule has 0 bridgehead atoms. The Bertz CT molecular complexity index is 323. The van der Waals surface area contributed by atoms with E-state index in [-0.39, 0.29) is 0 Å². The van der Waals surface area contributed by atoms with E-state index in [1.165, 1.54) is 30.5 Å². The molecule has 0 radical (unpaired) electrons. The van der Waals surface area contributed by atoms with E-state index in [1.807, 2.05) is 12.1 Å². The van der Waals surface area contributed by atoms with Crippen molar-refractivity contribution in [1.82, 2.24) is 0 Å². The normalized spacial score (nSPS) is 10.5. The molecule has 1 aromatic carbocycles. The van der Waals surface area contributed by atoms with E-state index in [0.29, 0.717) is 0 Å². The molecule has 0 amide bonds. The van der Waals surface area contributed by atoms with Crippen molar-refractivity contribution in [3.05, 3.63) is 28.8 Å². The highest BCUT2D eigenvalue weighted by molar-refractivity contribution is 6.31. The minimum atomic E-state index is 0.870. The van der Waals surface area contributed by atoms with Crippen LogP contribution in [0.2, 0.25) is 5.02 Å². The van der Waals surface area contributed by atoms with Crippen LogP contribution in [0.15, 0.2) is 18.2 Å². The average molecular weight is 240 g/mol. The van der Waals surface area contributed by atoms with Crippen LogP contribution in [0.25, 0.3) is 0 Å². The lowest BCUT2D eigenvalue weighted by molar-refractivity contribution is 0.702. The lowest BCUT2D eigenvalue weighted by atomic mass is 10.1. The van der Waals surface area contributed by atoms with E-state index in [4.69, 9.17) is 11.6 Å². The summed E-state index contributed by atoms with van der Waals surface area (Å²) in [4.78, 5) is 2.45. The zero-order valence-electron chi connectivity index (χ0n) is 10.6. The van der Waals surface area contributed by atoms with E-state index in [0.717, 1.165) is 18.1 Å². The third-order valence-corrected chi connectivity index (χ3v) is 3.26. The fourth-order valence-corrected chi connectivity index (χ4v) is 2.08. The van der Waals surface area contributed by atoms with Crippen LogP contribution >= 0.6 is 11.6 Å². The molecule has 0 N–H and O–H groups in total. The average Bonchev–Trinajstić information content (AvgIpc) is 2.28. The van der Waals surface area contributed by atoms with Crippen LogP contribution in [0.1, 0.15) is 38.7 Å². The molecule has 0 heterocycles. The molecule has 16 heavy (non-hydrogen) atoms. The number of hydrogen-bond donors (Lipinski definition) is 0. The van der Waals surface area contributed by atoms with Gasteiger partial charge in [-0.2, -0.15) is 0 Å². The number of unbranched alkanes of at least 4 members (excludes halogenated alkanes) is 1. The largest absolute Gasteiger partial charge is 0.371 e. The predicted octanol–water partition coefficient (Wildman–Crippen LogP) is 4.66. The van der Waals surface area contributed by atoms with Gasteiger partial charge in [0.05, 0.1) is 0 Å². The molecule has 2 heteroatoms. The van der Waals surface area contributed by atoms with Gasteiger partial charge in [0.2, 0.25) is 0 Å². The quantitative estimate of drug-likeness (QED) is 0.698. The highest BCUT2D eigenvalue weighted by Crippen LogP contribution is 2.26. The molecule has 0 fully saturated rings. The number of halogens is 1. The Hall–Kier alpha value is -0.690. The monoisotopic (exact) mass is 239 g/mol. The second-order valence-corrected chi connectivity index (χ2v) is 4.63. The van der Waals surface area contributed by atoms with Crippen molar-refractivity contribution >= 4 is 17.3 Å². The lowest BCUT2D eigenvalue weighted by Crippen LogP contribution is -2.25. The van der Waals surface area contributed by atoms with Gasteiger partial charge in [-0.3, -0.25) is 0 Å². The van der Waals surface area contributed by atoms with Gasteiger partial charge in [-0.05, 0) is 37.5 Å². The number of rotatable bonds is 6. The van der Waals surface area contributed by atoms with Crippen molar-refractivity contribution in [1.29, 1.82) is 0 Å². The van der Waals surface area contributed by atoms with Crippen LogP contribution in [0, 0.1) is 6.92 Å². The zero-order valence-corrected chi connectivity index (χ0v) is 11.3. The lowest BCUT2D eigenvalue weighted by Gasteiger charge is -2.26. The van der Waals surface area contributed by atoms with Gasteiger partial charge in [-0.1, -0.05) is 37.9 Å². The van der Waals surface area contributed by atoms with E-state index < -0.39 is 0 Å². The minimum absolute atomic E-state index is 0.870. The summed E-state index contributed by atoms with van der Waals surface area (Å²) in [5.74, 6) is 0. The molecule has 1 nitrogen and oxygen atoms in total. The Kier molecular flexibility index (Phi) is 5.68. The van der Waals surface area contributed by atoms with Crippen LogP contribution in [0.5, 0.6) is 0 Å². The first-order valence-corrected chi connectivity index (χ1v) is 6.58. The number of anilines is 1. The SMILES string of the molecule is CCCCN(CCC)c1cccc(Cl)c1C. The fourth-order valence-electron chi connectivity index (χ4n) is 1.91. The van der Waals surface area contributed by atoms with E-state index in [2.05, 4.69) is 31.7 Å². The molecular weight excluding hydrogens is 218 g/mol. The Morgan fingerprint density at radius 1 is 1.12 bits per heavy atom. The Labute approximate surface area is 104 Å². The van der Waals surface area contributed by atoms with Crippen LogP contribution in [-0.2, 0) is 0 Å². The zero-order chi connectivity index (χ0) is 12.0. The maximum atomic E-state index is 6.17. The van der Waals surface area contributed by atoms with Gasteiger partial charge in [0.15, 0.2) is 0 Å². The van der Waals surface area contributed by atoms with Crippen molar-refractivity contribution in [3.8, 4) is 0 Å². The molecule has 1 aromatic rings. The van der Waals surface area contributed by atoms with Gasteiger partial charge in [0, 0.05) is 23.8 Å². The third-order valence-electron chi connectivity index (χ3n) is 2.85. The first kappa shape index (κ1) is 13.4. The predicted molar refractivity (Wildman–Crippen MR) is 73.6 cm³/mol. The molecule has 90 valence electrons. The van der Waals surface area contributed by atoms with Crippen molar-refractivity contribution in [2.45, 2.75) is 40.0 Å². The molecule has 0 spiro atoms. The van der Waals surface area contributed by atoms with Crippen molar-refractivity contribution < 1.29 is 0 Å².